The van der Waals surface area contributed by atoms with Crippen molar-refractivity contribution in [2.24, 2.45) is 11.8 Å². The molecule has 0 radical (unpaired) electrons. The number of imide groups is 1. The van der Waals surface area contributed by atoms with Crippen LogP contribution in [0.5, 0.6) is 5.75 Å². The molecular weight excluding hydrogens is 576 g/mol. The smallest absolute Gasteiger partial charge is 0.417 e. The van der Waals surface area contributed by atoms with Gasteiger partial charge in [0.1, 0.15) is 5.75 Å². The number of nitrogens with zero attached hydrogens (tertiary/aromatic N) is 2. The summed E-state index contributed by atoms with van der Waals surface area (Å²) in [5.41, 5.74) is -3.74. The van der Waals surface area contributed by atoms with Crippen molar-refractivity contribution in [1.29, 1.82) is 5.26 Å². The van der Waals surface area contributed by atoms with Crippen molar-refractivity contribution in [2.75, 3.05) is 11.5 Å². The number of nitriles is 1. The summed E-state index contributed by atoms with van der Waals surface area (Å²) < 4.78 is 53.8. The Morgan fingerprint density at radius 2 is 1.83 bits per heavy atom. The fourth-order valence-electron chi connectivity index (χ4n) is 5.74. The van der Waals surface area contributed by atoms with Gasteiger partial charge >= 0.3 is 6.18 Å². The summed E-state index contributed by atoms with van der Waals surface area (Å²) in [5.74, 6) is -2.06. The molecule has 3 aliphatic rings. The van der Waals surface area contributed by atoms with Gasteiger partial charge in [-0.05, 0) is 84.8 Å². The monoisotopic (exact) mass is 596 g/mol. The zero-order valence-electron chi connectivity index (χ0n) is 18.6. The second-order valence-electron chi connectivity index (χ2n) is 9.34. The average Bonchev–Trinajstić information content (AvgIpc) is 3.38. The highest BCUT2D eigenvalue weighted by atomic mass is 127. The minimum atomic E-state index is -4.80. The second-order valence-corrected chi connectivity index (χ2v) is 10.6. The van der Waals surface area contributed by atoms with E-state index in [2.05, 4.69) is 22.6 Å². The van der Waals surface area contributed by atoms with Gasteiger partial charge in [-0.15, -0.1) is 0 Å². The van der Waals surface area contributed by atoms with Crippen LogP contribution in [0.25, 0.3) is 0 Å². The van der Waals surface area contributed by atoms with Gasteiger partial charge in [-0.2, -0.15) is 18.4 Å². The Kier molecular flexibility index (Phi) is 5.64. The topological polar surface area (TPSA) is 79.6 Å². The standard InChI is InChI=1S/C25H20F3IN2O4/c1-23-8-9-24(35-23,10-11-34-17-6-3-15(29)4-7-17)20-19(23)21(32)31(22(20)33)16-5-2-14(13-30)18(12-16)25(26,27)28/h2-7,12,19-20H,8-11H2,1H3/t19-,20+,23-,24-/m0/s1. The summed E-state index contributed by atoms with van der Waals surface area (Å²) in [7, 11) is 0. The number of ether oxygens (including phenoxy) is 2. The van der Waals surface area contributed by atoms with Crippen LogP contribution in [0.1, 0.15) is 37.3 Å². The van der Waals surface area contributed by atoms with Gasteiger partial charge in [-0.3, -0.25) is 9.59 Å². The van der Waals surface area contributed by atoms with E-state index in [1.807, 2.05) is 24.3 Å². The number of carbonyl (C=O) groups excluding carboxylic acids is 2. The van der Waals surface area contributed by atoms with E-state index in [0.29, 0.717) is 31.1 Å². The number of hydrogen-bond acceptors (Lipinski definition) is 5. The number of fused-ring (bicyclic) bond motifs is 5. The maximum absolute atomic E-state index is 13.6. The lowest BCUT2D eigenvalue weighted by Crippen LogP contribution is -2.43. The SMILES string of the molecule is C[C@@]12CC[C@@](CCOc3ccc(I)cc3)(O1)[C@H]1C(=O)N(c3ccc(C#N)c(C(F)(F)F)c3)C(=O)[C@H]12. The summed E-state index contributed by atoms with van der Waals surface area (Å²) in [6.07, 6.45) is -3.32. The number of halogens is 4. The number of benzene rings is 2. The van der Waals surface area contributed by atoms with Crippen molar-refractivity contribution in [1.82, 2.24) is 0 Å². The van der Waals surface area contributed by atoms with Crippen molar-refractivity contribution < 1.29 is 32.2 Å². The summed E-state index contributed by atoms with van der Waals surface area (Å²) in [5, 5.41) is 9.07. The van der Waals surface area contributed by atoms with Crippen LogP contribution in [-0.4, -0.2) is 29.6 Å². The van der Waals surface area contributed by atoms with Gasteiger partial charge in [0.2, 0.25) is 11.8 Å². The molecule has 10 heteroatoms. The Hall–Kier alpha value is -2.65. The summed E-state index contributed by atoms with van der Waals surface area (Å²) in [4.78, 5) is 27.8. The van der Waals surface area contributed by atoms with Gasteiger partial charge in [-0.25, -0.2) is 4.90 Å². The van der Waals surface area contributed by atoms with Crippen molar-refractivity contribution in [3.63, 3.8) is 0 Å². The van der Waals surface area contributed by atoms with Crippen LogP contribution in [-0.2, 0) is 20.5 Å². The second kappa shape index (κ2) is 8.20. The van der Waals surface area contributed by atoms with Crippen molar-refractivity contribution in [3.05, 3.63) is 57.2 Å². The van der Waals surface area contributed by atoms with Gasteiger partial charge < -0.3 is 9.47 Å². The number of rotatable bonds is 5. The first-order valence-corrected chi connectivity index (χ1v) is 12.1. The number of amides is 2. The fourth-order valence-corrected chi connectivity index (χ4v) is 6.10. The zero-order valence-corrected chi connectivity index (χ0v) is 20.7. The Balaban J connectivity index is 1.43. The van der Waals surface area contributed by atoms with Crippen LogP contribution in [0, 0.1) is 26.7 Å². The van der Waals surface area contributed by atoms with Crippen molar-refractivity contribution in [2.45, 2.75) is 43.6 Å². The highest BCUT2D eigenvalue weighted by molar-refractivity contribution is 14.1. The molecule has 0 N–H and O–H groups in total. The van der Waals surface area contributed by atoms with E-state index in [1.165, 1.54) is 12.1 Å². The van der Waals surface area contributed by atoms with Crippen LogP contribution < -0.4 is 9.64 Å². The molecule has 35 heavy (non-hydrogen) atoms. The van der Waals surface area contributed by atoms with Crippen LogP contribution in [0.4, 0.5) is 18.9 Å². The Morgan fingerprint density at radius 1 is 1.14 bits per heavy atom. The van der Waals surface area contributed by atoms with E-state index in [9.17, 15) is 22.8 Å². The predicted octanol–water partition coefficient (Wildman–Crippen LogP) is 5.08. The molecule has 4 atom stereocenters. The van der Waals surface area contributed by atoms with E-state index in [-0.39, 0.29) is 12.3 Å². The Morgan fingerprint density at radius 3 is 2.49 bits per heavy atom. The average molecular weight is 596 g/mol. The Bertz CT molecular complexity index is 1260. The molecule has 0 unspecified atom stereocenters. The molecule has 0 aromatic heterocycles. The first-order chi connectivity index (χ1) is 16.5. The zero-order chi connectivity index (χ0) is 25.2. The van der Waals surface area contributed by atoms with Crippen molar-refractivity contribution >= 4 is 40.1 Å². The van der Waals surface area contributed by atoms with E-state index >= 15 is 0 Å². The quantitative estimate of drug-likeness (QED) is 0.356. The molecule has 2 bridgehead atoms. The maximum atomic E-state index is 13.6. The number of hydrogen-bond donors (Lipinski definition) is 0. The summed E-state index contributed by atoms with van der Waals surface area (Å²) >= 11 is 2.19. The lowest BCUT2D eigenvalue weighted by molar-refractivity contribution is -0.138. The van der Waals surface area contributed by atoms with Crippen LogP contribution >= 0.6 is 22.6 Å². The lowest BCUT2D eigenvalue weighted by Gasteiger charge is -2.31. The molecule has 0 saturated carbocycles. The predicted molar refractivity (Wildman–Crippen MR) is 126 cm³/mol. The van der Waals surface area contributed by atoms with E-state index in [0.717, 1.165) is 14.5 Å². The largest absolute Gasteiger partial charge is 0.493 e. The Labute approximate surface area is 213 Å². The van der Waals surface area contributed by atoms with Gasteiger partial charge in [0.15, 0.2) is 0 Å². The molecule has 3 aliphatic heterocycles. The molecule has 3 heterocycles. The third kappa shape index (κ3) is 3.80. The number of alkyl halides is 3. The van der Waals surface area contributed by atoms with Gasteiger partial charge in [0.25, 0.3) is 0 Å². The lowest BCUT2D eigenvalue weighted by atomic mass is 9.67. The number of anilines is 1. The van der Waals surface area contributed by atoms with E-state index < -0.39 is 52.2 Å². The van der Waals surface area contributed by atoms with Crippen LogP contribution in [0.15, 0.2) is 42.5 Å². The van der Waals surface area contributed by atoms with E-state index in [1.54, 1.807) is 6.92 Å². The van der Waals surface area contributed by atoms with Gasteiger partial charge in [0, 0.05) is 9.99 Å². The first kappa shape index (κ1) is 24.1. The molecule has 2 aromatic carbocycles. The maximum Gasteiger partial charge on any atom is 0.417 e. The molecule has 3 saturated heterocycles. The molecule has 2 aromatic rings. The minimum absolute atomic E-state index is 0.186. The minimum Gasteiger partial charge on any atom is -0.493 e. The van der Waals surface area contributed by atoms with Crippen LogP contribution in [0.2, 0.25) is 0 Å². The van der Waals surface area contributed by atoms with Gasteiger partial charge in [-0.1, -0.05) is 0 Å². The third-order valence-corrected chi connectivity index (χ3v) is 8.03. The molecule has 5 rings (SSSR count). The molecule has 182 valence electrons. The molecule has 6 nitrogen and oxygen atoms in total. The van der Waals surface area contributed by atoms with Crippen molar-refractivity contribution in [3.8, 4) is 11.8 Å². The van der Waals surface area contributed by atoms with E-state index in [4.69, 9.17) is 14.7 Å². The number of carbonyl (C=O) groups is 2. The molecule has 2 amide bonds. The first-order valence-electron chi connectivity index (χ1n) is 11.1. The molecule has 3 fully saturated rings. The molecular formula is C25H20F3IN2O4. The molecule has 0 aliphatic carbocycles. The summed E-state index contributed by atoms with van der Waals surface area (Å²) in [6, 6.07) is 11.9. The summed E-state index contributed by atoms with van der Waals surface area (Å²) in [6.45, 7) is 2.05. The highest BCUT2D eigenvalue weighted by Crippen LogP contribution is 2.62. The fraction of sp³-hybridized carbons (Fsp3) is 0.400. The molecule has 0 spiro atoms. The highest BCUT2D eigenvalue weighted by Gasteiger charge is 2.73. The normalized spacial score (nSPS) is 29.4. The van der Waals surface area contributed by atoms with Crippen LogP contribution in [0.3, 0.4) is 0 Å². The third-order valence-electron chi connectivity index (χ3n) is 7.31. The van der Waals surface area contributed by atoms with Gasteiger partial charge in [0.05, 0.1) is 52.5 Å².